The fourth-order valence-corrected chi connectivity index (χ4v) is 16.9. The van der Waals surface area contributed by atoms with Crippen molar-refractivity contribution >= 4 is 33.1 Å². The number of phenolic OH excluding ortho intramolecular Hbond substituents is 1. The first kappa shape index (κ1) is 44.1. The van der Waals surface area contributed by atoms with Gasteiger partial charge < -0.3 is 40.5 Å². The van der Waals surface area contributed by atoms with Crippen LogP contribution < -0.4 is 20.5 Å². The fraction of sp³-hybridized carbons (Fsp3) is 0.556. The predicted octanol–water partition coefficient (Wildman–Crippen LogP) is 7.48. The van der Waals surface area contributed by atoms with Gasteiger partial charge >= 0.3 is 0 Å². The quantitative estimate of drug-likeness (QED) is 0.0961. The van der Waals surface area contributed by atoms with Crippen LogP contribution in [0.5, 0.6) is 17.2 Å². The van der Waals surface area contributed by atoms with Gasteiger partial charge in [-0.05, 0) is 84.1 Å². The summed E-state index contributed by atoms with van der Waals surface area (Å²) in [6, 6.07) is 5.81. The van der Waals surface area contributed by atoms with E-state index in [1.807, 2.05) is 29.9 Å². The monoisotopic (exact) mass is 940 g/mol. The van der Waals surface area contributed by atoms with Crippen LogP contribution in [0.4, 0.5) is 0 Å². The number of fused-ring (bicyclic) bond motifs is 1. The Labute approximate surface area is 400 Å². The molecule has 12 aliphatic rings. The number of aliphatic hydroxyl groups is 3. The van der Waals surface area contributed by atoms with Crippen LogP contribution in [0.3, 0.4) is 0 Å². The number of hydrogen-bond acceptors (Lipinski definition) is 13. The summed E-state index contributed by atoms with van der Waals surface area (Å²) in [6.45, 7) is 3.23. The standard InChI is InChI=1S/C54H60N4O7S2/c1-30-6-8-33(42(61)20-30)43(62)21-31(59)7-9-32-38-26-66-67-29-54-27-53(16-4-5-17-53)48-36-23-56-40-25-58(24-37(36)40)51-39(12-13-41(60)34-10-11-35(47(54)46(34)48)50(55)57-28-54)52(14-2-3-15-52)18-19-64-45(22-44(32)63)49(38)65-51/h6,8,10-11,22-24,30,33,39,41-43,48,50-51,57,60-63H,2-5,7,9,14-17,20-21,25-29,55H2,1H3/t30-,33-,39+,41-,42-,43+,48-,50-,51+,54-/m1/s1. The number of nitrogens with zero attached hydrogens (tertiary/aromatic N) is 2. The minimum Gasteiger partial charge on any atom is -0.508 e. The van der Waals surface area contributed by atoms with Crippen molar-refractivity contribution in [2.45, 2.75) is 138 Å². The number of phenols is 1. The zero-order chi connectivity index (χ0) is 45.8. The summed E-state index contributed by atoms with van der Waals surface area (Å²) in [6.07, 6.45) is 17.1. The Hall–Kier alpha value is -4.18. The van der Waals surface area contributed by atoms with Crippen molar-refractivity contribution in [2.75, 3.05) is 18.8 Å². The fourth-order valence-electron chi connectivity index (χ4n) is 14.2. The Bertz CT molecular complexity index is 2680. The molecular formula is C54H60N4O7S2. The van der Waals surface area contributed by atoms with E-state index in [2.05, 4.69) is 58.6 Å². The van der Waals surface area contributed by atoms with Crippen molar-refractivity contribution in [3.05, 3.63) is 87.3 Å². The van der Waals surface area contributed by atoms with Crippen LogP contribution in [0.15, 0.2) is 58.9 Å². The van der Waals surface area contributed by atoms with Crippen molar-refractivity contribution in [1.29, 1.82) is 0 Å². The van der Waals surface area contributed by atoms with Crippen LogP contribution >= 0.6 is 21.6 Å². The molecule has 2 aromatic carbocycles. The summed E-state index contributed by atoms with van der Waals surface area (Å²) >= 11 is 0. The van der Waals surface area contributed by atoms with E-state index in [9.17, 15) is 25.2 Å². The number of ketones is 1. The molecule has 13 heteroatoms. The van der Waals surface area contributed by atoms with Gasteiger partial charge in [-0.1, -0.05) is 96.2 Å². The third kappa shape index (κ3) is 7.16. The van der Waals surface area contributed by atoms with Gasteiger partial charge in [-0.25, -0.2) is 0 Å². The van der Waals surface area contributed by atoms with E-state index >= 15 is 0 Å². The molecule has 3 spiro atoms. The lowest BCUT2D eigenvalue weighted by atomic mass is 9.50. The molecule has 0 amide bonds. The molecule has 350 valence electrons. The number of nitrogens with two attached hydrogens (primary N) is 1. The Morgan fingerprint density at radius 3 is 2.72 bits per heavy atom. The van der Waals surface area contributed by atoms with Crippen molar-refractivity contribution in [1.82, 2.24) is 10.2 Å². The van der Waals surface area contributed by atoms with Gasteiger partial charge in [0.25, 0.3) is 0 Å². The number of carbonyl (C=O) groups excluding carboxylic acids is 1. The van der Waals surface area contributed by atoms with Gasteiger partial charge in [-0.2, -0.15) is 0 Å². The molecule has 0 aromatic heterocycles. The lowest BCUT2D eigenvalue weighted by molar-refractivity contribution is -0.122. The molecule has 0 saturated heterocycles. The summed E-state index contributed by atoms with van der Waals surface area (Å²) < 4.78 is 13.9. The van der Waals surface area contributed by atoms with E-state index in [0.717, 1.165) is 91.5 Å². The molecule has 11 nitrogen and oxygen atoms in total. The Morgan fingerprint density at radius 2 is 1.90 bits per heavy atom. The lowest BCUT2D eigenvalue weighted by Crippen LogP contribution is -2.56. The number of benzene rings is 2. The molecule has 7 N–H and O–H groups in total. The number of aliphatic hydroxyl groups excluding tert-OH is 3. The van der Waals surface area contributed by atoms with E-state index in [1.165, 1.54) is 16.7 Å². The Balaban J connectivity index is 1.04. The number of aromatic hydroxyl groups is 1. The summed E-state index contributed by atoms with van der Waals surface area (Å²) in [5.74, 6) is 11.8. The smallest absolute Gasteiger partial charge is 0.187 e. The van der Waals surface area contributed by atoms with Gasteiger partial charge in [0.1, 0.15) is 23.7 Å². The number of nitrogens with one attached hydrogen (secondary N) is 1. The van der Waals surface area contributed by atoms with Crippen LogP contribution in [-0.4, -0.2) is 74.1 Å². The molecule has 10 bridgehead atoms. The highest BCUT2D eigenvalue weighted by atomic mass is 33.1. The van der Waals surface area contributed by atoms with E-state index in [0.29, 0.717) is 42.3 Å². The third-order valence-electron chi connectivity index (χ3n) is 17.3. The van der Waals surface area contributed by atoms with E-state index in [4.69, 9.17) is 20.2 Å². The van der Waals surface area contributed by atoms with Gasteiger partial charge in [0, 0.05) is 83.3 Å². The maximum atomic E-state index is 13.8. The molecule has 0 radical (unpaired) electrons. The zero-order valence-electron chi connectivity index (χ0n) is 38.1. The molecule has 2 saturated carbocycles. The third-order valence-corrected chi connectivity index (χ3v) is 19.8. The summed E-state index contributed by atoms with van der Waals surface area (Å²) in [4.78, 5) is 21.3. The second-order valence-corrected chi connectivity index (χ2v) is 23.8. The first-order valence-electron chi connectivity index (χ1n) is 24.6. The van der Waals surface area contributed by atoms with Crippen LogP contribution in [0.25, 0.3) is 0 Å². The van der Waals surface area contributed by atoms with Gasteiger partial charge in [0.15, 0.2) is 17.7 Å². The number of rotatable bonds is 6. The number of Topliss-reactive ketones (excluding diaryl/α,β-unsaturated/α-hetero) is 1. The number of hydrogen-bond donors (Lipinski definition) is 6. The van der Waals surface area contributed by atoms with Crippen LogP contribution in [-0.2, 0) is 22.4 Å². The molecule has 2 fully saturated rings. The zero-order valence-corrected chi connectivity index (χ0v) is 39.7. The highest BCUT2D eigenvalue weighted by molar-refractivity contribution is 8.76. The minimum absolute atomic E-state index is 0.000434. The largest absolute Gasteiger partial charge is 0.508 e. The normalized spacial score (nSPS) is 33.7. The van der Waals surface area contributed by atoms with Gasteiger partial charge in [0.2, 0.25) is 0 Å². The molecule has 8 heterocycles. The highest BCUT2D eigenvalue weighted by Gasteiger charge is 2.59. The van der Waals surface area contributed by atoms with E-state index < -0.39 is 41.8 Å². The maximum absolute atomic E-state index is 13.8. The van der Waals surface area contributed by atoms with Gasteiger partial charge in [-0.3, -0.25) is 15.1 Å². The van der Waals surface area contributed by atoms with Gasteiger partial charge in [0.05, 0.1) is 42.0 Å². The average Bonchev–Trinajstić information content (AvgIpc) is 4.13. The van der Waals surface area contributed by atoms with Crippen molar-refractivity contribution in [3.8, 4) is 41.1 Å². The topological polar surface area (TPSA) is 170 Å². The lowest BCUT2D eigenvalue weighted by Gasteiger charge is -2.56. The molecule has 0 unspecified atom stereocenters. The van der Waals surface area contributed by atoms with Crippen LogP contribution in [0.1, 0.15) is 136 Å². The summed E-state index contributed by atoms with van der Waals surface area (Å²) in [7, 11) is 3.52. The maximum Gasteiger partial charge on any atom is 0.187 e. The molecule has 14 rings (SSSR count). The molecule has 10 atom stereocenters. The molecule has 8 aliphatic heterocycles. The molecule has 4 aliphatic carbocycles. The second kappa shape index (κ2) is 16.8. The van der Waals surface area contributed by atoms with Crippen molar-refractivity contribution in [2.24, 2.45) is 39.3 Å². The first-order chi connectivity index (χ1) is 32.5. The predicted molar refractivity (Wildman–Crippen MR) is 260 cm³/mol. The number of allylic oxidation sites excluding steroid dienone is 2. The van der Waals surface area contributed by atoms with Crippen molar-refractivity contribution in [3.63, 3.8) is 0 Å². The molecular weight excluding hydrogens is 881 g/mol. The van der Waals surface area contributed by atoms with Crippen LogP contribution in [0.2, 0.25) is 0 Å². The number of aliphatic imine (C=N–C) groups is 1. The SMILES string of the molecule is C[C@@H]1C=C[C@@H]([C@@H](O)CC(=O)CCc2c(O)cc3c4c2CSSC[C@@]25CN[C@@H](N)c6ccc7c(c62)[C@@H](C2=CN=C6CN(C=C26)[C@@H](O4)[C@H](C#C[C@H]7O)C2(C#CO3)CCCC2)C2(CCCC2)C5)[C@H](O)C1. The van der Waals surface area contributed by atoms with E-state index in [1.54, 1.807) is 16.9 Å². The first-order valence-corrected chi connectivity index (χ1v) is 27.1. The van der Waals surface area contributed by atoms with Crippen molar-refractivity contribution < 1.29 is 34.7 Å². The summed E-state index contributed by atoms with van der Waals surface area (Å²) in [5.41, 5.74) is 15.0. The van der Waals surface area contributed by atoms with Gasteiger partial charge in [-0.15, -0.1) is 0 Å². The minimum atomic E-state index is -1.08. The summed E-state index contributed by atoms with van der Waals surface area (Å²) in [5, 5.41) is 50.5. The van der Waals surface area contributed by atoms with Crippen LogP contribution in [0, 0.1) is 52.5 Å². The highest BCUT2D eigenvalue weighted by Crippen LogP contribution is 2.67. The molecule has 2 aromatic rings. The molecule has 67 heavy (non-hydrogen) atoms. The Kier molecular flexibility index (Phi) is 11.0. The van der Waals surface area contributed by atoms with E-state index in [-0.39, 0.29) is 59.6 Å². The number of ether oxygens (including phenoxy) is 2. The average molecular weight is 941 g/mol. The Morgan fingerprint density at radius 1 is 1.09 bits per heavy atom. The second-order valence-electron chi connectivity index (χ2n) is 21.4. The number of carbonyl (C=O) groups is 1.